The molecular weight excluding hydrogens is 426 g/mol. The Morgan fingerprint density at radius 1 is 0.848 bits per heavy atom. The normalized spacial score (nSPS) is 13.2. The van der Waals surface area contributed by atoms with Gasteiger partial charge in [-0.05, 0) is 65.4 Å². The van der Waals surface area contributed by atoms with Crippen LogP contribution in [0.15, 0.2) is 79.0 Å². The van der Waals surface area contributed by atoms with Crippen molar-refractivity contribution in [3.05, 3.63) is 107 Å². The van der Waals surface area contributed by atoms with Crippen LogP contribution in [0.25, 0.3) is 21.8 Å². The molecule has 5 aromatic rings. The number of hydrogen-bond donors (Lipinski definition) is 0. The Balaban J connectivity index is 0.00000228. The third-order valence-corrected chi connectivity index (χ3v) is 7.10. The van der Waals surface area contributed by atoms with Gasteiger partial charge >= 0.3 is 0 Å². The molecule has 3 aromatic carbocycles. The molecule has 1 aliphatic heterocycles. The molecule has 0 atom stereocenters. The van der Waals surface area contributed by atoms with E-state index >= 15 is 0 Å². The predicted molar refractivity (Wildman–Crippen MR) is 141 cm³/mol. The molecular formula is C29H28ClN3. The Morgan fingerprint density at radius 2 is 1.61 bits per heavy atom. The molecule has 0 spiro atoms. The summed E-state index contributed by atoms with van der Waals surface area (Å²) < 4.78 is 2.47. The monoisotopic (exact) mass is 453 g/mol. The number of hydrogen-bond acceptors (Lipinski definition) is 2. The smallest absolute Gasteiger partial charge is 0.0934 e. The van der Waals surface area contributed by atoms with Crippen LogP contribution >= 0.6 is 12.4 Å². The molecule has 0 N–H and O–H groups in total. The van der Waals surface area contributed by atoms with E-state index in [9.17, 15) is 0 Å². The van der Waals surface area contributed by atoms with E-state index in [4.69, 9.17) is 4.98 Å². The van der Waals surface area contributed by atoms with Crippen LogP contribution in [-0.4, -0.2) is 16.1 Å². The molecule has 0 bridgehead atoms. The molecule has 4 heteroatoms. The topological polar surface area (TPSA) is 21.1 Å². The highest BCUT2D eigenvalue weighted by atomic mass is 35.5. The van der Waals surface area contributed by atoms with Gasteiger partial charge in [-0.15, -0.1) is 12.4 Å². The Morgan fingerprint density at radius 3 is 2.45 bits per heavy atom. The summed E-state index contributed by atoms with van der Waals surface area (Å²) in [6.07, 6.45) is 3.06. The molecule has 3 nitrogen and oxygen atoms in total. The van der Waals surface area contributed by atoms with Crippen molar-refractivity contribution in [1.29, 1.82) is 0 Å². The maximum Gasteiger partial charge on any atom is 0.0934 e. The van der Waals surface area contributed by atoms with Gasteiger partial charge in [-0.1, -0.05) is 60.7 Å². The van der Waals surface area contributed by atoms with E-state index in [-0.39, 0.29) is 12.4 Å². The lowest BCUT2D eigenvalue weighted by Gasteiger charge is -2.31. The molecule has 0 unspecified atom stereocenters. The third-order valence-electron chi connectivity index (χ3n) is 7.10. The largest absolute Gasteiger partial charge is 0.365 e. The van der Waals surface area contributed by atoms with Gasteiger partial charge in [-0.2, -0.15) is 0 Å². The zero-order valence-corrected chi connectivity index (χ0v) is 19.9. The van der Waals surface area contributed by atoms with Crippen molar-refractivity contribution in [2.75, 3.05) is 11.4 Å². The van der Waals surface area contributed by atoms with Gasteiger partial charge in [0.15, 0.2) is 0 Å². The maximum atomic E-state index is 4.81. The van der Waals surface area contributed by atoms with Gasteiger partial charge in [0.25, 0.3) is 0 Å². The molecule has 33 heavy (non-hydrogen) atoms. The average molecular weight is 454 g/mol. The third kappa shape index (κ3) is 3.67. The lowest BCUT2D eigenvalue weighted by molar-refractivity contribution is 0.727. The minimum Gasteiger partial charge on any atom is -0.365 e. The Hall–Kier alpha value is -3.30. The molecule has 0 amide bonds. The molecule has 3 heterocycles. The average Bonchev–Trinajstić information content (AvgIpc) is 3.08. The molecule has 0 radical (unpaired) electrons. The van der Waals surface area contributed by atoms with Gasteiger partial charge in [0.05, 0.1) is 16.7 Å². The minimum atomic E-state index is 0. The lowest BCUT2D eigenvalue weighted by atomic mass is 9.99. The number of anilines is 1. The number of aromatic nitrogens is 2. The van der Waals surface area contributed by atoms with Crippen LogP contribution in [0, 0.1) is 13.8 Å². The molecule has 0 saturated carbocycles. The summed E-state index contributed by atoms with van der Waals surface area (Å²) in [7, 11) is 0. The first-order valence-electron chi connectivity index (χ1n) is 11.4. The fraction of sp³-hybridized carbons (Fsp3) is 0.207. The van der Waals surface area contributed by atoms with Crippen molar-refractivity contribution in [3.8, 4) is 0 Å². The number of aryl methyl sites for hydroxylation is 1. The van der Waals surface area contributed by atoms with E-state index in [0.717, 1.165) is 31.6 Å². The highest BCUT2D eigenvalue weighted by Crippen LogP contribution is 2.34. The van der Waals surface area contributed by atoms with Gasteiger partial charge in [-0.25, -0.2) is 0 Å². The second-order valence-electron chi connectivity index (χ2n) is 8.95. The summed E-state index contributed by atoms with van der Waals surface area (Å²) in [4.78, 5) is 7.34. The summed E-state index contributed by atoms with van der Waals surface area (Å²) in [5.41, 5.74) is 10.5. The second kappa shape index (κ2) is 8.57. The van der Waals surface area contributed by atoms with E-state index in [2.05, 4.69) is 96.1 Å². The van der Waals surface area contributed by atoms with Crippen LogP contribution in [0.1, 0.15) is 27.9 Å². The van der Waals surface area contributed by atoms with Crippen molar-refractivity contribution in [3.63, 3.8) is 0 Å². The number of rotatable bonds is 3. The molecule has 6 rings (SSSR count). The summed E-state index contributed by atoms with van der Waals surface area (Å²) in [5.74, 6) is 0. The van der Waals surface area contributed by atoms with Crippen LogP contribution in [0.5, 0.6) is 0 Å². The van der Waals surface area contributed by atoms with Gasteiger partial charge < -0.3 is 9.47 Å². The first-order valence-corrected chi connectivity index (χ1v) is 11.4. The van der Waals surface area contributed by atoms with Crippen LogP contribution in [0.2, 0.25) is 0 Å². The zero-order chi connectivity index (χ0) is 21.7. The number of nitrogens with zero attached hydrogens (tertiary/aromatic N) is 3. The Labute approximate surface area is 201 Å². The summed E-state index contributed by atoms with van der Waals surface area (Å²) in [5, 5.41) is 2.58. The van der Waals surface area contributed by atoms with Gasteiger partial charge in [0.2, 0.25) is 0 Å². The molecule has 166 valence electrons. The van der Waals surface area contributed by atoms with Crippen molar-refractivity contribution in [2.24, 2.45) is 0 Å². The first-order chi connectivity index (χ1) is 15.7. The fourth-order valence-corrected chi connectivity index (χ4v) is 5.20. The van der Waals surface area contributed by atoms with Crippen LogP contribution in [-0.2, 0) is 19.5 Å². The molecule has 0 fully saturated rings. The van der Waals surface area contributed by atoms with E-state index in [1.54, 1.807) is 0 Å². The van der Waals surface area contributed by atoms with E-state index in [0.29, 0.717) is 0 Å². The number of benzene rings is 3. The maximum absolute atomic E-state index is 4.81. The summed E-state index contributed by atoms with van der Waals surface area (Å²) in [6.45, 7) is 7.28. The van der Waals surface area contributed by atoms with Gasteiger partial charge in [0, 0.05) is 31.5 Å². The quantitative estimate of drug-likeness (QED) is 0.298. The van der Waals surface area contributed by atoms with Crippen molar-refractivity contribution in [1.82, 2.24) is 9.55 Å². The molecule has 0 saturated heterocycles. The van der Waals surface area contributed by atoms with Crippen molar-refractivity contribution >= 4 is 39.9 Å². The first kappa shape index (κ1) is 21.5. The van der Waals surface area contributed by atoms with Gasteiger partial charge in [-0.3, -0.25) is 4.98 Å². The molecule has 0 aliphatic carbocycles. The van der Waals surface area contributed by atoms with Crippen molar-refractivity contribution in [2.45, 2.75) is 33.4 Å². The highest BCUT2D eigenvalue weighted by molar-refractivity contribution is 5.93. The van der Waals surface area contributed by atoms with E-state index in [1.165, 1.54) is 49.9 Å². The lowest BCUT2D eigenvalue weighted by Crippen LogP contribution is -2.30. The Kier molecular flexibility index (Phi) is 5.59. The molecule has 1 aliphatic rings. The number of fused-ring (bicyclic) bond motifs is 3. The Bertz CT molecular complexity index is 1470. The SMILES string of the molecule is Cc1c(C)n(Cc2ccc3ccccc3c2)c2c(N3CCc4ccccc4C3)ccnc12.Cl. The minimum absolute atomic E-state index is 0. The fourth-order valence-electron chi connectivity index (χ4n) is 5.20. The van der Waals surface area contributed by atoms with Crippen LogP contribution in [0.3, 0.4) is 0 Å². The van der Waals surface area contributed by atoms with E-state index < -0.39 is 0 Å². The zero-order valence-electron chi connectivity index (χ0n) is 19.1. The van der Waals surface area contributed by atoms with Gasteiger partial charge in [0.1, 0.15) is 0 Å². The van der Waals surface area contributed by atoms with Crippen LogP contribution < -0.4 is 4.90 Å². The number of pyridine rings is 1. The van der Waals surface area contributed by atoms with Crippen LogP contribution in [0.4, 0.5) is 5.69 Å². The summed E-state index contributed by atoms with van der Waals surface area (Å²) in [6, 6.07) is 26.5. The summed E-state index contributed by atoms with van der Waals surface area (Å²) >= 11 is 0. The predicted octanol–water partition coefficient (Wildman–Crippen LogP) is 6.84. The standard InChI is InChI=1S/C29H27N3.ClH/c1-20-21(2)32(18-22-11-12-23-7-3-5-9-25(23)17-22)29-27(13-15-30-28(20)29)31-16-14-24-8-4-6-10-26(24)19-31;/h3-13,15,17H,14,16,18-19H2,1-2H3;1H. The van der Waals surface area contributed by atoms with E-state index in [1.807, 2.05) is 6.20 Å². The van der Waals surface area contributed by atoms with Crippen molar-refractivity contribution < 1.29 is 0 Å². The second-order valence-corrected chi connectivity index (χ2v) is 8.95. The highest BCUT2D eigenvalue weighted by Gasteiger charge is 2.22. The molecule has 2 aromatic heterocycles. The number of halogens is 1.